The number of pyridine rings is 2. The van der Waals surface area contributed by atoms with Gasteiger partial charge in [0.25, 0.3) is 5.91 Å². The molecule has 158 valence electrons. The molecule has 1 amide bonds. The number of hydrogen-bond donors (Lipinski definition) is 1. The molecular formula is C22H26N4O4. The van der Waals surface area contributed by atoms with E-state index in [9.17, 15) is 4.79 Å². The maximum absolute atomic E-state index is 13.0. The predicted molar refractivity (Wildman–Crippen MR) is 112 cm³/mol. The minimum absolute atomic E-state index is 0.0844. The third-order valence-electron chi connectivity index (χ3n) is 4.99. The highest BCUT2D eigenvalue weighted by molar-refractivity contribution is 6.05. The van der Waals surface area contributed by atoms with E-state index in [0.29, 0.717) is 28.9 Å². The standard InChI is InChI=1S/C22H26N4O4/c1-14(2)30-18-11-20-23-17(15-7-9-29-10-8-15)13-26(20)12-16(18)22(27)25-19-5-4-6-21(24-19)28-3/h4-6,11-15H,7-10H2,1-3H3,(H,24,25,27). The van der Waals surface area contributed by atoms with Crippen LogP contribution < -0.4 is 14.8 Å². The van der Waals surface area contributed by atoms with Gasteiger partial charge in [-0.25, -0.2) is 4.98 Å². The molecule has 1 saturated heterocycles. The minimum atomic E-state index is -0.311. The number of nitrogens with one attached hydrogen (secondary N) is 1. The number of rotatable bonds is 6. The van der Waals surface area contributed by atoms with Crippen LogP contribution in [0.25, 0.3) is 5.65 Å². The molecule has 8 nitrogen and oxygen atoms in total. The smallest absolute Gasteiger partial charge is 0.262 e. The molecule has 3 aromatic rings. The Morgan fingerprint density at radius 2 is 2.03 bits per heavy atom. The van der Waals surface area contributed by atoms with Gasteiger partial charge in [-0.15, -0.1) is 0 Å². The number of methoxy groups -OCH3 is 1. The lowest BCUT2D eigenvalue weighted by atomic mass is 9.97. The molecule has 0 saturated carbocycles. The van der Waals surface area contributed by atoms with E-state index < -0.39 is 0 Å². The molecule has 0 bridgehead atoms. The van der Waals surface area contributed by atoms with Crippen molar-refractivity contribution in [2.75, 3.05) is 25.6 Å². The first-order valence-electron chi connectivity index (χ1n) is 10.1. The second-order valence-corrected chi connectivity index (χ2v) is 7.56. The largest absolute Gasteiger partial charge is 0.490 e. The van der Waals surface area contributed by atoms with Gasteiger partial charge in [0.2, 0.25) is 5.88 Å². The fourth-order valence-electron chi connectivity index (χ4n) is 3.53. The second-order valence-electron chi connectivity index (χ2n) is 7.56. The first-order valence-corrected chi connectivity index (χ1v) is 10.1. The summed E-state index contributed by atoms with van der Waals surface area (Å²) in [5, 5.41) is 2.82. The van der Waals surface area contributed by atoms with Gasteiger partial charge < -0.3 is 23.9 Å². The lowest BCUT2D eigenvalue weighted by molar-refractivity contribution is 0.0846. The predicted octanol–water partition coefficient (Wildman–Crippen LogP) is 3.67. The summed E-state index contributed by atoms with van der Waals surface area (Å²) in [6.45, 7) is 5.35. The van der Waals surface area contributed by atoms with Crippen LogP contribution in [0.3, 0.4) is 0 Å². The third-order valence-corrected chi connectivity index (χ3v) is 4.99. The topological polar surface area (TPSA) is 87.0 Å². The van der Waals surface area contributed by atoms with E-state index >= 15 is 0 Å². The Kier molecular flexibility index (Phi) is 5.85. The van der Waals surface area contributed by atoms with Crippen molar-refractivity contribution in [2.45, 2.75) is 38.7 Å². The Hall–Kier alpha value is -3.13. The van der Waals surface area contributed by atoms with Crippen molar-refractivity contribution in [2.24, 2.45) is 0 Å². The maximum Gasteiger partial charge on any atom is 0.262 e. The average molecular weight is 410 g/mol. The summed E-state index contributed by atoms with van der Waals surface area (Å²) < 4.78 is 18.4. The van der Waals surface area contributed by atoms with E-state index in [-0.39, 0.29) is 12.0 Å². The van der Waals surface area contributed by atoms with Gasteiger partial charge in [0.15, 0.2) is 0 Å². The van der Waals surface area contributed by atoms with Crippen LogP contribution in [-0.2, 0) is 4.74 Å². The SMILES string of the molecule is COc1cccc(NC(=O)c2cn3cc(C4CCOCC4)nc3cc2OC(C)C)n1. The van der Waals surface area contributed by atoms with Gasteiger partial charge in [0.1, 0.15) is 17.2 Å². The van der Waals surface area contributed by atoms with Crippen LogP contribution in [0.15, 0.2) is 36.7 Å². The summed E-state index contributed by atoms with van der Waals surface area (Å²) in [6.07, 6.45) is 5.57. The lowest BCUT2D eigenvalue weighted by Crippen LogP contribution is -2.17. The Balaban J connectivity index is 1.67. The highest BCUT2D eigenvalue weighted by atomic mass is 16.5. The van der Waals surface area contributed by atoms with E-state index in [2.05, 4.69) is 10.3 Å². The molecule has 30 heavy (non-hydrogen) atoms. The number of ether oxygens (including phenoxy) is 3. The normalized spacial score (nSPS) is 14.8. The third kappa shape index (κ3) is 4.38. The van der Waals surface area contributed by atoms with Crippen molar-refractivity contribution in [1.82, 2.24) is 14.4 Å². The molecule has 3 aromatic heterocycles. The van der Waals surface area contributed by atoms with Crippen molar-refractivity contribution in [3.05, 3.63) is 47.9 Å². The number of imidazole rings is 1. The number of hydrogen-bond acceptors (Lipinski definition) is 6. The number of carbonyl (C=O) groups is 1. The quantitative estimate of drug-likeness (QED) is 0.667. The number of amides is 1. The van der Waals surface area contributed by atoms with E-state index in [1.54, 1.807) is 24.4 Å². The zero-order valence-corrected chi connectivity index (χ0v) is 17.4. The fourth-order valence-corrected chi connectivity index (χ4v) is 3.53. The molecule has 0 aromatic carbocycles. The van der Waals surface area contributed by atoms with Crippen LogP contribution >= 0.6 is 0 Å². The highest BCUT2D eigenvalue weighted by Crippen LogP contribution is 2.29. The molecule has 0 unspecified atom stereocenters. The minimum Gasteiger partial charge on any atom is -0.490 e. The summed E-state index contributed by atoms with van der Waals surface area (Å²) in [4.78, 5) is 22.1. The molecule has 1 aliphatic heterocycles. The monoisotopic (exact) mass is 410 g/mol. The van der Waals surface area contributed by atoms with Gasteiger partial charge in [-0.05, 0) is 32.8 Å². The summed E-state index contributed by atoms with van der Waals surface area (Å²) in [6, 6.07) is 7.02. The Bertz CT molecular complexity index is 1040. The summed E-state index contributed by atoms with van der Waals surface area (Å²) in [5.41, 5.74) is 2.18. The first-order chi connectivity index (χ1) is 14.5. The van der Waals surface area contributed by atoms with Crippen molar-refractivity contribution in [3.8, 4) is 11.6 Å². The molecule has 1 N–H and O–H groups in total. The zero-order valence-electron chi connectivity index (χ0n) is 17.4. The number of carbonyl (C=O) groups excluding carboxylic acids is 1. The van der Waals surface area contributed by atoms with Crippen molar-refractivity contribution >= 4 is 17.4 Å². The van der Waals surface area contributed by atoms with E-state index in [4.69, 9.17) is 19.2 Å². The molecule has 8 heteroatoms. The molecule has 0 radical (unpaired) electrons. The lowest BCUT2D eigenvalue weighted by Gasteiger charge is -2.19. The van der Waals surface area contributed by atoms with E-state index in [1.807, 2.05) is 30.5 Å². The fraction of sp³-hybridized carbons (Fsp3) is 0.409. The van der Waals surface area contributed by atoms with Crippen LogP contribution in [0.2, 0.25) is 0 Å². The van der Waals surface area contributed by atoms with Gasteiger partial charge in [0.05, 0.1) is 24.5 Å². The zero-order chi connectivity index (χ0) is 21.1. The molecule has 0 atom stereocenters. The van der Waals surface area contributed by atoms with Gasteiger partial charge in [-0.2, -0.15) is 4.98 Å². The Labute approximate surface area is 175 Å². The summed E-state index contributed by atoms with van der Waals surface area (Å²) in [7, 11) is 1.53. The molecular weight excluding hydrogens is 384 g/mol. The number of anilines is 1. The number of nitrogens with zero attached hydrogens (tertiary/aromatic N) is 3. The molecule has 4 rings (SSSR count). The maximum atomic E-state index is 13.0. The van der Waals surface area contributed by atoms with Crippen LogP contribution in [0.1, 0.15) is 48.7 Å². The van der Waals surface area contributed by atoms with Gasteiger partial charge in [-0.1, -0.05) is 6.07 Å². The van der Waals surface area contributed by atoms with Gasteiger partial charge >= 0.3 is 0 Å². The summed E-state index contributed by atoms with van der Waals surface area (Å²) in [5.74, 6) is 1.38. The molecule has 4 heterocycles. The van der Waals surface area contributed by atoms with Crippen molar-refractivity contribution in [1.29, 1.82) is 0 Å². The number of fused-ring (bicyclic) bond motifs is 1. The van der Waals surface area contributed by atoms with Crippen molar-refractivity contribution < 1.29 is 19.0 Å². The highest BCUT2D eigenvalue weighted by Gasteiger charge is 2.21. The van der Waals surface area contributed by atoms with Crippen LogP contribution in [0, 0.1) is 0 Å². The Morgan fingerprint density at radius 3 is 2.77 bits per heavy atom. The first kappa shape index (κ1) is 20.2. The van der Waals surface area contributed by atoms with E-state index in [1.165, 1.54) is 7.11 Å². The average Bonchev–Trinajstić information content (AvgIpc) is 3.16. The van der Waals surface area contributed by atoms with Crippen LogP contribution in [-0.4, -0.2) is 46.7 Å². The molecule has 0 spiro atoms. The van der Waals surface area contributed by atoms with Crippen molar-refractivity contribution in [3.63, 3.8) is 0 Å². The van der Waals surface area contributed by atoms with E-state index in [0.717, 1.165) is 37.4 Å². The van der Waals surface area contributed by atoms with Gasteiger partial charge in [-0.3, -0.25) is 4.79 Å². The number of aromatic nitrogens is 3. The Morgan fingerprint density at radius 1 is 1.23 bits per heavy atom. The molecule has 1 aliphatic rings. The summed E-state index contributed by atoms with van der Waals surface area (Å²) >= 11 is 0. The second kappa shape index (κ2) is 8.71. The van der Waals surface area contributed by atoms with Crippen LogP contribution in [0.4, 0.5) is 5.82 Å². The molecule has 1 fully saturated rings. The van der Waals surface area contributed by atoms with Crippen LogP contribution in [0.5, 0.6) is 11.6 Å². The molecule has 0 aliphatic carbocycles. The van der Waals surface area contributed by atoms with Gasteiger partial charge in [0, 0.05) is 43.7 Å².